The van der Waals surface area contributed by atoms with Gasteiger partial charge in [0, 0.05) is 6.61 Å². The highest BCUT2D eigenvalue weighted by molar-refractivity contribution is 7.07. The van der Waals surface area contributed by atoms with E-state index in [1.807, 2.05) is 22.9 Å². The molecule has 1 fully saturated rings. The summed E-state index contributed by atoms with van der Waals surface area (Å²) < 4.78 is 13.0. The predicted molar refractivity (Wildman–Crippen MR) is 85.6 cm³/mol. The summed E-state index contributed by atoms with van der Waals surface area (Å²) in [7, 11) is 0. The molecular weight excluding hydrogens is 271 g/mol. The van der Waals surface area contributed by atoms with Crippen molar-refractivity contribution in [2.45, 2.75) is 51.9 Å². The summed E-state index contributed by atoms with van der Waals surface area (Å²) in [5.41, 5.74) is 0. The molecule has 20 heavy (non-hydrogen) atoms. The van der Waals surface area contributed by atoms with Crippen molar-refractivity contribution < 1.29 is 9.50 Å². The Kier molecular flexibility index (Phi) is 9.60. The topological polar surface area (TPSA) is 20.2 Å². The molecule has 1 saturated carbocycles. The molecule has 114 valence electrons. The van der Waals surface area contributed by atoms with Gasteiger partial charge in [-0.1, -0.05) is 50.3 Å². The molecule has 0 radical (unpaired) electrons. The first kappa shape index (κ1) is 17.4. The lowest BCUT2D eigenvalue weighted by molar-refractivity contribution is 0.138. The first-order chi connectivity index (χ1) is 9.77. The normalized spacial score (nSPS) is 18.2. The van der Waals surface area contributed by atoms with Crippen molar-refractivity contribution in [2.75, 3.05) is 6.61 Å². The third kappa shape index (κ3) is 7.20. The smallest absolute Gasteiger partial charge is 0.0957 e. The molecule has 1 aliphatic rings. The van der Waals surface area contributed by atoms with Crippen molar-refractivity contribution in [2.24, 2.45) is 11.8 Å². The Morgan fingerprint density at radius 3 is 2.40 bits per heavy atom. The number of aliphatic hydroxyl groups is 1. The Morgan fingerprint density at radius 2 is 1.95 bits per heavy atom. The zero-order valence-corrected chi connectivity index (χ0v) is 13.2. The molecule has 1 heterocycles. The van der Waals surface area contributed by atoms with Crippen LogP contribution in [0.3, 0.4) is 0 Å². The predicted octanol–water partition coefficient (Wildman–Crippen LogP) is 5.58. The fourth-order valence-corrected chi connectivity index (χ4v) is 3.23. The Labute approximate surface area is 126 Å². The van der Waals surface area contributed by atoms with Crippen molar-refractivity contribution in [1.29, 1.82) is 0 Å². The van der Waals surface area contributed by atoms with E-state index in [0.29, 0.717) is 18.3 Å². The highest BCUT2D eigenvalue weighted by atomic mass is 32.1. The molecule has 0 spiro atoms. The second-order valence-corrected chi connectivity index (χ2v) is 6.22. The summed E-state index contributed by atoms with van der Waals surface area (Å²) in [6, 6.07) is 4.04. The zero-order valence-electron chi connectivity index (χ0n) is 12.4. The van der Waals surface area contributed by atoms with Crippen LogP contribution < -0.4 is 0 Å². The Bertz CT molecular complexity index is 325. The number of aliphatic hydroxyl groups excluding tert-OH is 1. The summed E-state index contributed by atoms with van der Waals surface area (Å²) >= 11 is 1.71. The van der Waals surface area contributed by atoms with Gasteiger partial charge in [-0.15, -0.1) is 0 Å². The molecule has 1 aliphatic carbocycles. The minimum absolute atomic E-state index is 0.0377. The molecule has 2 rings (SSSR count). The Hall–Kier alpha value is -0.670. The van der Waals surface area contributed by atoms with Gasteiger partial charge in [0.2, 0.25) is 0 Å². The standard InChI is InChI=1S/C13H23FO.C4H4S/c1-2-13(14)9-8-12(10-15)11-6-4-3-5-7-11;1-2-4-5-3-1/h2,11-12,15H,3-10H2,1H3;1-4H. The molecule has 0 amide bonds. The molecule has 1 nitrogen and oxygen atoms in total. The molecule has 3 heteroatoms. The van der Waals surface area contributed by atoms with E-state index >= 15 is 0 Å². The highest BCUT2D eigenvalue weighted by Crippen LogP contribution is 2.32. The third-order valence-corrected chi connectivity index (χ3v) is 4.67. The molecule has 0 aliphatic heterocycles. The number of thiophene rings is 1. The quantitative estimate of drug-likeness (QED) is 0.752. The Balaban J connectivity index is 0.000000333. The number of halogens is 1. The van der Waals surface area contributed by atoms with Crippen LogP contribution in [0.25, 0.3) is 0 Å². The van der Waals surface area contributed by atoms with Crippen molar-refractivity contribution >= 4 is 11.3 Å². The van der Waals surface area contributed by atoms with E-state index in [4.69, 9.17) is 0 Å². The molecule has 0 saturated heterocycles. The zero-order chi connectivity index (χ0) is 14.6. The van der Waals surface area contributed by atoms with Gasteiger partial charge < -0.3 is 5.11 Å². The fourth-order valence-electron chi connectivity index (χ4n) is 2.78. The van der Waals surface area contributed by atoms with Crippen molar-refractivity contribution in [3.63, 3.8) is 0 Å². The first-order valence-electron chi connectivity index (χ1n) is 7.66. The van der Waals surface area contributed by atoms with Crippen LogP contribution in [0, 0.1) is 11.8 Å². The second-order valence-electron chi connectivity index (χ2n) is 5.41. The van der Waals surface area contributed by atoms with Crippen molar-refractivity contribution in [1.82, 2.24) is 0 Å². The van der Waals surface area contributed by atoms with E-state index in [1.165, 1.54) is 38.2 Å². The molecule has 1 atom stereocenters. The van der Waals surface area contributed by atoms with Gasteiger partial charge in [-0.2, -0.15) is 11.3 Å². The fraction of sp³-hybridized carbons (Fsp3) is 0.647. The molecule has 1 aromatic heterocycles. The second kappa shape index (κ2) is 11.0. The van der Waals surface area contributed by atoms with Gasteiger partial charge in [-0.05, 0) is 42.4 Å². The molecular formula is C17H27FOS. The molecule has 1 aromatic rings. The van der Waals surface area contributed by atoms with Crippen LogP contribution >= 0.6 is 11.3 Å². The van der Waals surface area contributed by atoms with Crippen LogP contribution in [-0.4, -0.2) is 11.7 Å². The van der Waals surface area contributed by atoms with Crippen molar-refractivity contribution in [3.05, 3.63) is 34.8 Å². The highest BCUT2D eigenvalue weighted by Gasteiger charge is 2.22. The monoisotopic (exact) mass is 298 g/mol. The van der Waals surface area contributed by atoms with Gasteiger partial charge in [-0.25, -0.2) is 4.39 Å². The van der Waals surface area contributed by atoms with Gasteiger partial charge in [0.1, 0.15) is 0 Å². The van der Waals surface area contributed by atoms with Crippen LogP contribution in [-0.2, 0) is 0 Å². The summed E-state index contributed by atoms with van der Waals surface area (Å²) in [5.74, 6) is 0.911. The number of hydrogen-bond acceptors (Lipinski definition) is 2. The Morgan fingerprint density at radius 1 is 1.30 bits per heavy atom. The minimum atomic E-state index is -0.0377. The third-order valence-electron chi connectivity index (χ3n) is 4.04. The average Bonchev–Trinajstić information content (AvgIpc) is 3.08. The molecule has 0 aromatic carbocycles. The largest absolute Gasteiger partial charge is 0.396 e. The van der Waals surface area contributed by atoms with Gasteiger partial charge >= 0.3 is 0 Å². The number of allylic oxidation sites excluding steroid dienone is 2. The van der Waals surface area contributed by atoms with Gasteiger partial charge in [0.05, 0.1) is 5.83 Å². The van der Waals surface area contributed by atoms with Crippen molar-refractivity contribution in [3.8, 4) is 0 Å². The summed E-state index contributed by atoms with van der Waals surface area (Å²) in [6.45, 7) is 1.95. The van der Waals surface area contributed by atoms with E-state index in [-0.39, 0.29) is 12.4 Å². The van der Waals surface area contributed by atoms with E-state index < -0.39 is 0 Å². The van der Waals surface area contributed by atoms with E-state index in [2.05, 4.69) is 0 Å². The lowest BCUT2D eigenvalue weighted by Gasteiger charge is -2.28. The summed E-state index contributed by atoms with van der Waals surface area (Å²) in [6.07, 6.45) is 9.18. The maximum atomic E-state index is 13.0. The van der Waals surface area contributed by atoms with Crippen LogP contribution in [0.5, 0.6) is 0 Å². The van der Waals surface area contributed by atoms with Gasteiger partial charge in [0.25, 0.3) is 0 Å². The van der Waals surface area contributed by atoms with Gasteiger partial charge in [-0.3, -0.25) is 0 Å². The van der Waals surface area contributed by atoms with E-state index in [0.717, 1.165) is 6.42 Å². The minimum Gasteiger partial charge on any atom is -0.396 e. The molecule has 1 N–H and O–H groups in total. The molecule has 1 unspecified atom stereocenters. The maximum Gasteiger partial charge on any atom is 0.0957 e. The summed E-state index contributed by atoms with van der Waals surface area (Å²) in [5, 5.41) is 13.4. The van der Waals surface area contributed by atoms with Crippen LogP contribution in [0.1, 0.15) is 51.9 Å². The first-order valence-corrected chi connectivity index (χ1v) is 8.61. The van der Waals surface area contributed by atoms with Crippen LogP contribution in [0.4, 0.5) is 4.39 Å². The van der Waals surface area contributed by atoms with Gasteiger partial charge in [0.15, 0.2) is 0 Å². The summed E-state index contributed by atoms with van der Waals surface area (Å²) in [4.78, 5) is 0. The van der Waals surface area contributed by atoms with E-state index in [9.17, 15) is 9.50 Å². The maximum absolute atomic E-state index is 13.0. The average molecular weight is 298 g/mol. The van der Waals surface area contributed by atoms with Crippen LogP contribution in [0.15, 0.2) is 34.8 Å². The van der Waals surface area contributed by atoms with Crippen LogP contribution in [0.2, 0.25) is 0 Å². The lowest BCUT2D eigenvalue weighted by Crippen LogP contribution is -2.21. The number of rotatable bonds is 5. The van der Waals surface area contributed by atoms with E-state index in [1.54, 1.807) is 18.3 Å². The lowest BCUT2D eigenvalue weighted by atomic mass is 9.78. The SMILES string of the molecule is CC=C(F)CCC(CO)C1CCCCC1.c1ccsc1. The number of hydrogen-bond donors (Lipinski definition) is 1. The molecule has 0 bridgehead atoms.